The average Bonchev–Trinajstić information content (AvgIpc) is 2.49. The second kappa shape index (κ2) is 3.42. The maximum absolute atomic E-state index is 10.2. The summed E-state index contributed by atoms with van der Waals surface area (Å²) in [5, 5.41) is 2.67. The standard InChI is InChI=1S/C10H11NOS/c1-7-5-13-10-3-2-8(11-6-12)4-9(7)10/h2-4,6-7H,5H2,1H3,(H,11,12). The van der Waals surface area contributed by atoms with Crippen LogP contribution in [0.15, 0.2) is 23.1 Å². The summed E-state index contributed by atoms with van der Waals surface area (Å²) in [7, 11) is 0. The van der Waals surface area contributed by atoms with Gasteiger partial charge in [0.2, 0.25) is 6.41 Å². The second-order valence-corrected chi connectivity index (χ2v) is 4.29. The van der Waals surface area contributed by atoms with Crippen LogP contribution in [0.25, 0.3) is 0 Å². The predicted octanol–water partition coefficient (Wildman–Crippen LogP) is 2.46. The highest BCUT2D eigenvalue weighted by Gasteiger charge is 2.18. The molecule has 1 atom stereocenters. The number of thioether (sulfide) groups is 1. The maximum atomic E-state index is 10.2. The number of carbonyl (C=O) groups excluding carboxylic acids is 1. The number of anilines is 1. The van der Waals surface area contributed by atoms with E-state index in [1.165, 1.54) is 10.5 Å². The van der Waals surface area contributed by atoms with Crippen molar-refractivity contribution in [2.45, 2.75) is 17.7 Å². The lowest BCUT2D eigenvalue weighted by atomic mass is 10.0. The van der Waals surface area contributed by atoms with E-state index in [0.717, 1.165) is 11.4 Å². The van der Waals surface area contributed by atoms with Crippen molar-refractivity contribution >= 4 is 23.9 Å². The van der Waals surface area contributed by atoms with Crippen LogP contribution in [0.5, 0.6) is 0 Å². The van der Waals surface area contributed by atoms with Gasteiger partial charge in [-0.15, -0.1) is 11.8 Å². The molecule has 0 saturated heterocycles. The van der Waals surface area contributed by atoms with E-state index < -0.39 is 0 Å². The molecule has 0 fully saturated rings. The number of carbonyl (C=O) groups is 1. The number of hydrogen-bond donors (Lipinski definition) is 1. The first-order chi connectivity index (χ1) is 6.31. The molecule has 68 valence electrons. The molecule has 0 radical (unpaired) electrons. The molecule has 1 N–H and O–H groups in total. The van der Waals surface area contributed by atoms with E-state index in [1.807, 2.05) is 17.8 Å². The molecule has 3 heteroatoms. The summed E-state index contributed by atoms with van der Waals surface area (Å²) in [5.41, 5.74) is 2.25. The Hall–Kier alpha value is -0.960. The number of benzene rings is 1. The van der Waals surface area contributed by atoms with Gasteiger partial charge in [0.05, 0.1) is 0 Å². The molecule has 1 aliphatic rings. The first kappa shape index (κ1) is 8.63. The van der Waals surface area contributed by atoms with Crippen molar-refractivity contribution in [1.82, 2.24) is 0 Å². The van der Waals surface area contributed by atoms with Crippen LogP contribution < -0.4 is 5.32 Å². The zero-order valence-electron chi connectivity index (χ0n) is 7.41. The molecule has 0 aromatic heterocycles. The largest absolute Gasteiger partial charge is 0.329 e. The maximum Gasteiger partial charge on any atom is 0.211 e. The molecule has 1 aromatic rings. The van der Waals surface area contributed by atoms with Crippen molar-refractivity contribution in [3.05, 3.63) is 23.8 Å². The number of amides is 1. The summed E-state index contributed by atoms with van der Waals surface area (Å²) in [6, 6.07) is 6.09. The SMILES string of the molecule is CC1CSc2ccc(NC=O)cc21. The van der Waals surface area contributed by atoms with Crippen LogP contribution in [0.1, 0.15) is 18.4 Å². The van der Waals surface area contributed by atoms with Crippen molar-refractivity contribution in [3.63, 3.8) is 0 Å². The Morgan fingerprint density at radius 3 is 3.23 bits per heavy atom. The van der Waals surface area contributed by atoms with Crippen LogP contribution in [0.4, 0.5) is 5.69 Å². The summed E-state index contributed by atoms with van der Waals surface area (Å²) < 4.78 is 0. The van der Waals surface area contributed by atoms with Gasteiger partial charge < -0.3 is 5.32 Å². The first-order valence-electron chi connectivity index (χ1n) is 4.28. The molecule has 0 bridgehead atoms. The molecule has 2 nitrogen and oxygen atoms in total. The third kappa shape index (κ3) is 1.56. The zero-order chi connectivity index (χ0) is 9.26. The van der Waals surface area contributed by atoms with Crippen LogP contribution >= 0.6 is 11.8 Å². The summed E-state index contributed by atoms with van der Waals surface area (Å²) in [6.07, 6.45) is 0.717. The van der Waals surface area contributed by atoms with E-state index in [1.54, 1.807) is 0 Å². The molecule has 13 heavy (non-hydrogen) atoms. The summed E-state index contributed by atoms with van der Waals surface area (Å²) in [4.78, 5) is 11.6. The third-order valence-corrected chi connectivity index (χ3v) is 3.60. The van der Waals surface area contributed by atoms with Gasteiger partial charge in [-0.3, -0.25) is 4.79 Å². The minimum Gasteiger partial charge on any atom is -0.329 e. The van der Waals surface area contributed by atoms with Gasteiger partial charge >= 0.3 is 0 Å². The average molecular weight is 193 g/mol. The lowest BCUT2D eigenvalue weighted by Crippen LogP contribution is -1.96. The topological polar surface area (TPSA) is 29.1 Å². The highest BCUT2D eigenvalue weighted by Crippen LogP contribution is 2.40. The van der Waals surface area contributed by atoms with E-state index in [0.29, 0.717) is 12.3 Å². The molecular formula is C10H11NOS. The fourth-order valence-electron chi connectivity index (χ4n) is 1.53. The van der Waals surface area contributed by atoms with Gasteiger partial charge in [0, 0.05) is 16.3 Å². The number of rotatable bonds is 2. The van der Waals surface area contributed by atoms with Crippen LogP contribution in [0.2, 0.25) is 0 Å². The van der Waals surface area contributed by atoms with Crippen LogP contribution in [0.3, 0.4) is 0 Å². The Bertz CT molecular complexity index is 338. The second-order valence-electron chi connectivity index (χ2n) is 3.23. The Morgan fingerprint density at radius 2 is 2.46 bits per heavy atom. The normalized spacial score (nSPS) is 19.6. The predicted molar refractivity (Wildman–Crippen MR) is 55.3 cm³/mol. The quantitative estimate of drug-likeness (QED) is 0.731. The van der Waals surface area contributed by atoms with Crippen molar-refractivity contribution < 1.29 is 4.79 Å². The Labute approximate surface area is 81.7 Å². The van der Waals surface area contributed by atoms with Crippen LogP contribution in [0, 0.1) is 0 Å². The molecule has 1 amide bonds. The van der Waals surface area contributed by atoms with Gasteiger partial charge in [0.1, 0.15) is 0 Å². The smallest absolute Gasteiger partial charge is 0.211 e. The van der Waals surface area contributed by atoms with Gasteiger partial charge in [-0.1, -0.05) is 6.92 Å². The van der Waals surface area contributed by atoms with Gasteiger partial charge in [0.15, 0.2) is 0 Å². The minimum atomic E-state index is 0.605. The highest BCUT2D eigenvalue weighted by atomic mass is 32.2. The van der Waals surface area contributed by atoms with E-state index in [4.69, 9.17) is 0 Å². The molecule has 0 saturated carbocycles. The van der Waals surface area contributed by atoms with Crippen molar-refractivity contribution in [2.75, 3.05) is 11.1 Å². The lowest BCUT2D eigenvalue weighted by molar-refractivity contribution is -0.105. The fraction of sp³-hybridized carbons (Fsp3) is 0.300. The summed E-state index contributed by atoms with van der Waals surface area (Å²) in [5.74, 6) is 1.76. The Balaban J connectivity index is 2.35. The van der Waals surface area contributed by atoms with Crippen molar-refractivity contribution in [3.8, 4) is 0 Å². The minimum absolute atomic E-state index is 0.605. The monoisotopic (exact) mass is 193 g/mol. The van der Waals surface area contributed by atoms with E-state index in [-0.39, 0.29) is 0 Å². The summed E-state index contributed by atoms with van der Waals surface area (Å²) in [6.45, 7) is 2.21. The number of nitrogens with one attached hydrogen (secondary N) is 1. The lowest BCUT2D eigenvalue weighted by Gasteiger charge is -2.05. The molecular weight excluding hydrogens is 182 g/mol. The van der Waals surface area contributed by atoms with E-state index in [2.05, 4.69) is 24.4 Å². The third-order valence-electron chi connectivity index (χ3n) is 2.26. The number of fused-ring (bicyclic) bond motifs is 1. The first-order valence-corrected chi connectivity index (χ1v) is 5.27. The van der Waals surface area contributed by atoms with Gasteiger partial charge in [0.25, 0.3) is 0 Å². The molecule has 1 aliphatic heterocycles. The van der Waals surface area contributed by atoms with E-state index >= 15 is 0 Å². The molecule has 0 spiro atoms. The fourth-order valence-corrected chi connectivity index (χ4v) is 2.73. The number of hydrogen-bond acceptors (Lipinski definition) is 2. The van der Waals surface area contributed by atoms with Gasteiger partial charge in [-0.25, -0.2) is 0 Å². The van der Waals surface area contributed by atoms with E-state index in [9.17, 15) is 4.79 Å². The summed E-state index contributed by atoms with van der Waals surface area (Å²) >= 11 is 1.89. The van der Waals surface area contributed by atoms with Gasteiger partial charge in [-0.05, 0) is 29.7 Å². The van der Waals surface area contributed by atoms with Gasteiger partial charge in [-0.2, -0.15) is 0 Å². The van der Waals surface area contributed by atoms with Crippen LogP contribution in [-0.2, 0) is 4.79 Å². The molecule has 2 rings (SSSR count). The van der Waals surface area contributed by atoms with Crippen LogP contribution in [-0.4, -0.2) is 12.2 Å². The molecule has 1 heterocycles. The highest BCUT2D eigenvalue weighted by molar-refractivity contribution is 7.99. The zero-order valence-corrected chi connectivity index (χ0v) is 8.23. The van der Waals surface area contributed by atoms with Crippen molar-refractivity contribution in [1.29, 1.82) is 0 Å². The molecule has 1 aromatic carbocycles. The van der Waals surface area contributed by atoms with Crippen molar-refractivity contribution in [2.24, 2.45) is 0 Å². The molecule has 0 aliphatic carbocycles. The Kier molecular flexibility index (Phi) is 2.27. The Morgan fingerprint density at radius 1 is 1.62 bits per heavy atom. The molecule has 1 unspecified atom stereocenters.